The van der Waals surface area contributed by atoms with Gasteiger partial charge in [-0.05, 0) is 19.5 Å². The lowest BCUT2D eigenvalue weighted by molar-refractivity contribution is 0.208. The maximum Gasteiger partial charge on any atom is 0.102 e. The van der Waals surface area contributed by atoms with E-state index in [2.05, 4.69) is 42.6 Å². The van der Waals surface area contributed by atoms with Crippen LogP contribution in [0.25, 0.3) is 0 Å². The zero-order valence-corrected chi connectivity index (χ0v) is 17.9. The molecule has 1 atom stereocenters. The van der Waals surface area contributed by atoms with E-state index in [1.54, 1.807) is 0 Å². The van der Waals surface area contributed by atoms with Crippen LogP contribution >= 0.6 is 0 Å². The van der Waals surface area contributed by atoms with E-state index in [0.717, 1.165) is 0 Å². The molecule has 2 nitrogen and oxygen atoms in total. The van der Waals surface area contributed by atoms with Gasteiger partial charge in [-0.25, -0.2) is 0 Å². The molecule has 0 saturated heterocycles. The first-order valence-electron chi connectivity index (χ1n) is 11.6. The molecular weight excluding hydrogens is 316 g/mol. The maximum absolute atomic E-state index is 3.85. The summed E-state index contributed by atoms with van der Waals surface area (Å²) in [4.78, 5) is 4.60. The van der Waals surface area contributed by atoms with Crippen molar-refractivity contribution < 1.29 is 0 Å². The molecule has 0 amide bonds. The largest absolute Gasteiger partial charge is 0.356 e. The third-order valence-corrected chi connectivity index (χ3v) is 5.82. The van der Waals surface area contributed by atoms with Crippen LogP contribution in [0.15, 0.2) is 25.2 Å². The van der Waals surface area contributed by atoms with Crippen molar-refractivity contribution in [3.63, 3.8) is 0 Å². The Hall–Kier alpha value is -0.920. The molecule has 0 N–H and O–H groups in total. The summed E-state index contributed by atoms with van der Waals surface area (Å²) in [6, 6.07) is 0. The highest BCUT2D eigenvalue weighted by atomic mass is 15.4. The summed E-state index contributed by atoms with van der Waals surface area (Å²) in [5.41, 5.74) is 0. The van der Waals surface area contributed by atoms with Gasteiger partial charge in [0.15, 0.2) is 0 Å². The zero-order chi connectivity index (χ0) is 18.9. The van der Waals surface area contributed by atoms with Crippen molar-refractivity contribution in [3.05, 3.63) is 25.2 Å². The molecule has 26 heavy (non-hydrogen) atoms. The van der Waals surface area contributed by atoms with Gasteiger partial charge < -0.3 is 9.80 Å². The molecule has 0 aliphatic carbocycles. The molecule has 0 aromatic rings. The number of hydrogen-bond acceptors (Lipinski definition) is 2. The first kappa shape index (κ1) is 23.1. The average Bonchev–Trinajstić information content (AvgIpc) is 3.01. The Morgan fingerprint density at radius 1 is 0.692 bits per heavy atom. The van der Waals surface area contributed by atoms with Crippen molar-refractivity contribution in [2.75, 3.05) is 6.54 Å². The summed E-state index contributed by atoms with van der Waals surface area (Å²) in [6.07, 6.45) is 29.7. The van der Waals surface area contributed by atoms with Gasteiger partial charge in [-0.3, -0.25) is 0 Å². The Labute approximate surface area is 164 Å². The van der Waals surface area contributed by atoms with Crippen LogP contribution in [0.3, 0.4) is 0 Å². The second-order valence-electron chi connectivity index (χ2n) is 8.10. The van der Waals surface area contributed by atoms with E-state index >= 15 is 0 Å². The molecule has 0 fully saturated rings. The smallest absolute Gasteiger partial charge is 0.102 e. The molecule has 0 bridgehead atoms. The van der Waals surface area contributed by atoms with Crippen molar-refractivity contribution in [2.24, 2.45) is 0 Å². The number of unbranched alkanes of at least 4 members (excludes halogenated alkanes) is 15. The van der Waals surface area contributed by atoms with Crippen molar-refractivity contribution in [1.82, 2.24) is 9.80 Å². The van der Waals surface area contributed by atoms with Crippen LogP contribution in [0.5, 0.6) is 0 Å². The second-order valence-corrected chi connectivity index (χ2v) is 8.10. The highest BCUT2D eigenvalue weighted by Crippen LogP contribution is 2.17. The number of nitrogens with zero attached hydrogens (tertiary/aromatic N) is 2. The predicted molar refractivity (Wildman–Crippen MR) is 117 cm³/mol. The van der Waals surface area contributed by atoms with Crippen molar-refractivity contribution in [3.8, 4) is 0 Å². The topological polar surface area (TPSA) is 6.48 Å². The summed E-state index contributed by atoms with van der Waals surface area (Å²) >= 11 is 0. The molecule has 0 saturated carbocycles. The first-order chi connectivity index (χ1) is 12.8. The third-order valence-electron chi connectivity index (χ3n) is 5.82. The molecule has 2 heteroatoms. The summed E-state index contributed by atoms with van der Waals surface area (Å²) in [6.45, 7) is 9.58. The van der Waals surface area contributed by atoms with E-state index in [-0.39, 0.29) is 0 Å². The number of rotatable bonds is 18. The molecule has 1 unspecified atom stereocenters. The minimum Gasteiger partial charge on any atom is -0.356 e. The Kier molecular flexibility index (Phi) is 14.5. The molecule has 0 radical (unpaired) electrons. The normalized spacial score (nSPS) is 16.6. The van der Waals surface area contributed by atoms with Crippen LogP contribution < -0.4 is 0 Å². The van der Waals surface area contributed by atoms with Crippen molar-refractivity contribution >= 4 is 0 Å². The molecular formula is C24H46N2. The number of hydrogen-bond donors (Lipinski definition) is 0. The molecule has 1 heterocycles. The lowest BCUT2D eigenvalue weighted by Crippen LogP contribution is -2.33. The van der Waals surface area contributed by atoms with Crippen molar-refractivity contribution in [1.29, 1.82) is 0 Å². The van der Waals surface area contributed by atoms with E-state index in [1.807, 2.05) is 6.20 Å². The van der Waals surface area contributed by atoms with Gasteiger partial charge in [-0.15, -0.1) is 0 Å². The third kappa shape index (κ3) is 10.9. The van der Waals surface area contributed by atoms with Gasteiger partial charge in [0.05, 0.1) is 0 Å². The van der Waals surface area contributed by atoms with Gasteiger partial charge in [0.25, 0.3) is 0 Å². The fraction of sp³-hybridized carbons (Fsp3) is 0.833. The summed E-state index contributed by atoms with van der Waals surface area (Å²) in [7, 11) is 0. The second kappa shape index (κ2) is 16.3. The Morgan fingerprint density at radius 2 is 1.12 bits per heavy atom. The van der Waals surface area contributed by atoms with Crippen LogP contribution in [0.1, 0.15) is 117 Å². The molecule has 152 valence electrons. The van der Waals surface area contributed by atoms with Crippen molar-refractivity contribution in [2.45, 2.75) is 123 Å². The lowest BCUT2D eigenvalue weighted by atomic mass is 10.0. The highest BCUT2D eigenvalue weighted by Gasteiger charge is 2.18. The molecule has 1 aliphatic rings. The van der Waals surface area contributed by atoms with E-state index in [1.165, 1.54) is 109 Å². The molecule has 1 aliphatic heterocycles. The monoisotopic (exact) mass is 362 g/mol. The quantitative estimate of drug-likeness (QED) is 0.229. The van der Waals surface area contributed by atoms with Gasteiger partial charge in [-0.2, -0.15) is 0 Å². The van der Waals surface area contributed by atoms with Gasteiger partial charge in [0.1, 0.15) is 6.17 Å². The standard InChI is InChI=1S/C24H46N2/c1-4-6-7-8-9-10-11-12-13-14-15-16-17-18-19-20-21-26-23-22-25(5-2)24(26)3/h5,22-24H,2,4,6-21H2,1,3H3. The van der Waals surface area contributed by atoms with Crippen LogP contribution in [-0.4, -0.2) is 22.5 Å². The van der Waals surface area contributed by atoms with Crippen LogP contribution in [0, 0.1) is 0 Å². The van der Waals surface area contributed by atoms with Crippen LogP contribution in [0.2, 0.25) is 0 Å². The molecule has 1 rings (SSSR count). The predicted octanol–water partition coefficient (Wildman–Crippen LogP) is 7.83. The fourth-order valence-corrected chi connectivity index (χ4v) is 3.90. The maximum atomic E-state index is 3.85. The SMILES string of the molecule is C=CN1C=CN(CCCCCCCCCCCCCCCCCC)C1C. The van der Waals surface area contributed by atoms with Gasteiger partial charge in [-0.1, -0.05) is 110 Å². The minimum atomic E-state index is 0.448. The molecule has 0 spiro atoms. The van der Waals surface area contributed by atoms with E-state index < -0.39 is 0 Å². The van der Waals surface area contributed by atoms with E-state index in [4.69, 9.17) is 0 Å². The lowest BCUT2D eigenvalue weighted by Gasteiger charge is -2.27. The Bertz CT molecular complexity index is 350. The van der Waals surface area contributed by atoms with E-state index in [0.29, 0.717) is 6.17 Å². The van der Waals surface area contributed by atoms with Crippen LogP contribution in [0.4, 0.5) is 0 Å². The fourth-order valence-electron chi connectivity index (χ4n) is 3.90. The Morgan fingerprint density at radius 3 is 1.50 bits per heavy atom. The minimum absolute atomic E-state index is 0.448. The molecule has 0 aromatic carbocycles. The summed E-state index contributed by atoms with van der Waals surface area (Å²) in [5.74, 6) is 0. The highest BCUT2D eigenvalue weighted by molar-refractivity contribution is 4.99. The summed E-state index contributed by atoms with van der Waals surface area (Å²) in [5, 5.41) is 0. The van der Waals surface area contributed by atoms with Gasteiger partial charge in [0.2, 0.25) is 0 Å². The Balaban J connectivity index is 1.75. The molecule has 0 aromatic heterocycles. The van der Waals surface area contributed by atoms with Gasteiger partial charge >= 0.3 is 0 Å². The average molecular weight is 363 g/mol. The van der Waals surface area contributed by atoms with Crippen LogP contribution in [-0.2, 0) is 0 Å². The first-order valence-corrected chi connectivity index (χ1v) is 11.6. The zero-order valence-electron chi connectivity index (χ0n) is 17.9. The van der Waals surface area contributed by atoms with Gasteiger partial charge in [0, 0.05) is 18.9 Å². The van der Waals surface area contributed by atoms with E-state index in [9.17, 15) is 0 Å². The summed E-state index contributed by atoms with van der Waals surface area (Å²) < 4.78 is 0.